The maximum atomic E-state index is 12.4. The van der Waals surface area contributed by atoms with Gasteiger partial charge in [0.2, 0.25) is 11.8 Å². The average molecular weight is 422 g/mol. The first-order chi connectivity index (χ1) is 15.0. The van der Waals surface area contributed by atoms with Crippen molar-refractivity contribution in [2.45, 2.75) is 38.5 Å². The van der Waals surface area contributed by atoms with Crippen molar-refractivity contribution in [1.82, 2.24) is 34.5 Å². The van der Waals surface area contributed by atoms with Crippen LogP contribution < -0.4 is 16.8 Å². The van der Waals surface area contributed by atoms with Crippen LogP contribution in [0.2, 0.25) is 0 Å². The molecule has 0 unspecified atom stereocenters. The molecule has 160 valence electrons. The van der Waals surface area contributed by atoms with Gasteiger partial charge in [-0.25, -0.2) is 24.9 Å². The van der Waals surface area contributed by atoms with Gasteiger partial charge < -0.3 is 21.8 Å². The van der Waals surface area contributed by atoms with Crippen molar-refractivity contribution in [3.05, 3.63) is 25.2 Å². The molecule has 6 N–H and O–H groups in total. The first-order valence-electron chi connectivity index (χ1n) is 9.88. The first-order valence-corrected chi connectivity index (χ1v) is 9.88. The van der Waals surface area contributed by atoms with E-state index in [1.807, 2.05) is 0 Å². The summed E-state index contributed by atoms with van der Waals surface area (Å²) >= 11 is 0. The van der Waals surface area contributed by atoms with Crippen molar-refractivity contribution in [3.63, 3.8) is 0 Å². The summed E-state index contributed by atoms with van der Waals surface area (Å²) in [5.41, 5.74) is 14.1. The molecule has 0 saturated heterocycles. The summed E-state index contributed by atoms with van der Waals surface area (Å²) in [4.78, 5) is 47.7. The van der Waals surface area contributed by atoms with E-state index in [1.54, 1.807) is 6.20 Å². The van der Waals surface area contributed by atoms with Crippen LogP contribution >= 0.6 is 0 Å². The molecular formula is C19H22N10O2. The van der Waals surface area contributed by atoms with Crippen molar-refractivity contribution >= 4 is 51.3 Å². The molecule has 12 heteroatoms. The highest BCUT2D eigenvalue weighted by molar-refractivity contribution is 6.02. The molecule has 0 saturated carbocycles. The van der Waals surface area contributed by atoms with Gasteiger partial charge in [-0.1, -0.05) is 12.8 Å². The third-order valence-corrected chi connectivity index (χ3v) is 4.94. The molecule has 0 aromatic carbocycles. The number of anilines is 3. The van der Waals surface area contributed by atoms with E-state index >= 15 is 0 Å². The fraction of sp³-hybridized carbons (Fsp3) is 0.316. The Hall–Kier alpha value is -4.09. The molecule has 12 nitrogen and oxygen atoms in total. The maximum absolute atomic E-state index is 12.4. The van der Waals surface area contributed by atoms with E-state index in [-0.39, 0.29) is 17.6 Å². The summed E-state index contributed by atoms with van der Waals surface area (Å²) in [5, 5.41) is 2.84. The van der Waals surface area contributed by atoms with Gasteiger partial charge in [0.05, 0.1) is 5.69 Å². The molecule has 31 heavy (non-hydrogen) atoms. The van der Waals surface area contributed by atoms with Gasteiger partial charge in [-0.2, -0.15) is 0 Å². The predicted molar refractivity (Wildman–Crippen MR) is 115 cm³/mol. The van der Waals surface area contributed by atoms with Crippen molar-refractivity contribution in [1.29, 1.82) is 0 Å². The topological polar surface area (TPSA) is 183 Å². The van der Waals surface area contributed by atoms with Crippen LogP contribution in [0.15, 0.2) is 25.2 Å². The number of amides is 1. The molecule has 4 rings (SSSR count). The molecule has 4 aromatic rings. The highest BCUT2D eigenvalue weighted by atomic mass is 16.2. The number of carbonyl (C=O) groups is 2. The van der Waals surface area contributed by atoms with Gasteiger partial charge in [-0.15, -0.1) is 0 Å². The van der Waals surface area contributed by atoms with E-state index in [4.69, 9.17) is 11.5 Å². The second kappa shape index (κ2) is 8.73. The van der Waals surface area contributed by atoms with E-state index in [0.29, 0.717) is 53.0 Å². The van der Waals surface area contributed by atoms with Crippen LogP contribution in [0, 0.1) is 0 Å². The number of fused-ring (bicyclic) bond motifs is 2. The lowest BCUT2D eigenvalue weighted by molar-refractivity contribution is -0.116. The van der Waals surface area contributed by atoms with Crippen molar-refractivity contribution in [2.75, 3.05) is 16.8 Å². The third-order valence-electron chi connectivity index (χ3n) is 4.94. The number of aromatic nitrogens is 7. The number of imidazole rings is 1. The van der Waals surface area contributed by atoms with E-state index in [9.17, 15) is 9.59 Å². The zero-order chi connectivity index (χ0) is 21.8. The summed E-state index contributed by atoms with van der Waals surface area (Å²) in [6, 6.07) is 0. The number of nitrogens with two attached hydrogens (primary N) is 2. The second-order valence-electron chi connectivity index (χ2n) is 7.09. The van der Waals surface area contributed by atoms with Crippen LogP contribution in [0.4, 0.5) is 17.3 Å². The number of nitrogens with zero attached hydrogens (tertiary/aromatic N) is 6. The van der Waals surface area contributed by atoms with Gasteiger partial charge in [-0.3, -0.25) is 14.2 Å². The number of rotatable bonds is 8. The minimum absolute atomic E-state index is 0.0982. The van der Waals surface area contributed by atoms with Gasteiger partial charge in [0.15, 0.2) is 22.8 Å². The standard InChI is InChI=1S/C19H22N10O2/c20-17-15-14(23-8-24-17)11(7-22-15)28-12(30)5-3-1-2-4-6-13(31)29-10-27-16-18(21)25-9-26-19(16)29/h7-10,22H,1-6H2,(H,28,30)(H2,20,23,24)(H2,21,25,26). The smallest absolute Gasteiger partial charge is 0.233 e. The van der Waals surface area contributed by atoms with E-state index in [2.05, 4.69) is 35.2 Å². The summed E-state index contributed by atoms with van der Waals surface area (Å²) in [6.07, 6.45) is 9.58. The zero-order valence-electron chi connectivity index (χ0n) is 16.7. The molecule has 0 spiro atoms. The molecule has 0 aliphatic heterocycles. The van der Waals surface area contributed by atoms with E-state index in [0.717, 1.165) is 19.3 Å². The van der Waals surface area contributed by atoms with Gasteiger partial charge >= 0.3 is 0 Å². The highest BCUT2D eigenvalue weighted by Crippen LogP contribution is 2.23. The minimum atomic E-state index is -0.101. The molecule has 0 aliphatic carbocycles. The zero-order valence-corrected chi connectivity index (χ0v) is 16.7. The number of H-pyrrole nitrogens is 1. The molecule has 0 radical (unpaired) electrons. The Kier molecular flexibility index (Phi) is 5.69. The van der Waals surface area contributed by atoms with Crippen molar-refractivity contribution in [2.24, 2.45) is 0 Å². The highest BCUT2D eigenvalue weighted by Gasteiger charge is 2.14. The van der Waals surface area contributed by atoms with Crippen LogP contribution in [0.1, 0.15) is 43.3 Å². The van der Waals surface area contributed by atoms with Crippen LogP contribution in [-0.4, -0.2) is 46.3 Å². The SMILES string of the molecule is Nc1ncnc2c1ncn2C(=O)CCCCCCC(=O)Nc1c[nH]c2c(N)ncnc12. The lowest BCUT2D eigenvalue weighted by Crippen LogP contribution is -2.11. The lowest BCUT2D eigenvalue weighted by Gasteiger charge is -2.05. The summed E-state index contributed by atoms with van der Waals surface area (Å²) < 4.78 is 1.40. The Morgan fingerprint density at radius 2 is 1.65 bits per heavy atom. The molecule has 0 fully saturated rings. The van der Waals surface area contributed by atoms with Crippen LogP contribution in [0.3, 0.4) is 0 Å². The molecule has 4 aromatic heterocycles. The maximum Gasteiger partial charge on any atom is 0.233 e. The number of aromatic amines is 1. The van der Waals surface area contributed by atoms with Crippen LogP contribution in [0.25, 0.3) is 22.2 Å². The Bertz CT molecular complexity index is 1250. The minimum Gasteiger partial charge on any atom is -0.382 e. The Balaban J connectivity index is 1.19. The number of carbonyl (C=O) groups excluding carboxylic acids is 2. The number of unbranched alkanes of at least 4 members (excludes halogenated alkanes) is 3. The molecular weight excluding hydrogens is 400 g/mol. The Labute approximate surface area is 176 Å². The van der Waals surface area contributed by atoms with E-state index in [1.165, 1.54) is 23.5 Å². The van der Waals surface area contributed by atoms with Crippen molar-refractivity contribution < 1.29 is 9.59 Å². The summed E-state index contributed by atoms with van der Waals surface area (Å²) in [6.45, 7) is 0. The number of hydrogen-bond acceptors (Lipinski definition) is 9. The monoisotopic (exact) mass is 422 g/mol. The van der Waals surface area contributed by atoms with Crippen molar-refractivity contribution in [3.8, 4) is 0 Å². The van der Waals surface area contributed by atoms with Gasteiger partial charge in [-0.05, 0) is 12.8 Å². The summed E-state index contributed by atoms with van der Waals surface area (Å²) in [5.74, 6) is 0.383. The molecule has 1 amide bonds. The Morgan fingerprint density at radius 3 is 2.48 bits per heavy atom. The number of hydrogen-bond donors (Lipinski definition) is 4. The normalized spacial score (nSPS) is 11.2. The van der Waals surface area contributed by atoms with Gasteiger partial charge in [0.25, 0.3) is 0 Å². The predicted octanol–water partition coefficient (Wildman–Crippen LogP) is 1.88. The van der Waals surface area contributed by atoms with Gasteiger partial charge in [0.1, 0.15) is 30.0 Å². The largest absolute Gasteiger partial charge is 0.382 e. The molecule has 0 bridgehead atoms. The van der Waals surface area contributed by atoms with Gasteiger partial charge in [0, 0.05) is 19.0 Å². The number of nitrogens with one attached hydrogen (secondary N) is 2. The Morgan fingerprint density at radius 1 is 0.903 bits per heavy atom. The molecule has 0 aliphatic rings. The number of nitrogen functional groups attached to an aromatic ring is 2. The van der Waals surface area contributed by atoms with E-state index < -0.39 is 0 Å². The molecule has 0 atom stereocenters. The quantitative estimate of drug-likeness (QED) is 0.308. The second-order valence-corrected chi connectivity index (χ2v) is 7.09. The fourth-order valence-corrected chi connectivity index (χ4v) is 3.34. The first kappa shape index (κ1) is 20.2. The van der Waals surface area contributed by atoms with Crippen LogP contribution in [-0.2, 0) is 4.79 Å². The average Bonchev–Trinajstić information content (AvgIpc) is 3.37. The third kappa shape index (κ3) is 4.27. The van der Waals surface area contributed by atoms with Crippen LogP contribution in [0.5, 0.6) is 0 Å². The summed E-state index contributed by atoms with van der Waals surface area (Å²) in [7, 11) is 0. The lowest BCUT2D eigenvalue weighted by atomic mass is 10.1. The molecule has 4 heterocycles. The fourth-order valence-electron chi connectivity index (χ4n) is 3.34.